The quantitative estimate of drug-likeness (QED) is 0.305. The van der Waals surface area contributed by atoms with Crippen molar-refractivity contribution in [3.8, 4) is 22.3 Å². The van der Waals surface area contributed by atoms with Crippen LogP contribution in [0.15, 0.2) is 91.0 Å². The van der Waals surface area contributed by atoms with E-state index < -0.39 is 11.6 Å². The zero-order valence-corrected chi connectivity index (χ0v) is 17.3. The minimum absolute atomic E-state index is 0.0275. The van der Waals surface area contributed by atoms with Gasteiger partial charge in [-0.2, -0.15) is 0 Å². The van der Waals surface area contributed by atoms with Crippen LogP contribution in [0.3, 0.4) is 0 Å². The molecule has 1 unspecified atom stereocenters. The predicted octanol–water partition coefficient (Wildman–Crippen LogP) is 8.30. The molecule has 0 N–H and O–H groups in total. The highest BCUT2D eigenvalue weighted by molar-refractivity contribution is 6.30. The van der Waals surface area contributed by atoms with E-state index in [2.05, 4.69) is 0 Å². The molecule has 4 rings (SSSR count). The molecule has 0 nitrogen and oxygen atoms in total. The molecule has 1 atom stereocenters. The van der Waals surface area contributed by atoms with Crippen LogP contribution in [0.5, 0.6) is 0 Å². The minimum atomic E-state index is -0.505. The maximum Gasteiger partial charge on any atom is 0.129 e. The lowest BCUT2D eigenvalue weighted by Gasteiger charge is -2.14. The van der Waals surface area contributed by atoms with Gasteiger partial charge in [-0.1, -0.05) is 85.3 Å². The van der Waals surface area contributed by atoms with Gasteiger partial charge >= 0.3 is 0 Å². The van der Waals surface area contributed by atoms with Crippen molar-refractivity contribution in [2.24, 2.45) is 0 Å². The summed E-state index contributed by atoms with van der Waals surface area (Å²) in [5.74, 6) is -0.983. The smallest absolute Gasteiger partial charge is 0.129 e. The summed E-state index contributed by atoms with van der Waals surface area (Å²) in [5.41, 5.74) is 4.56. The molecule has 0 fully saturated rings. The van der Waals surface area contributed by atoms with E-state index in [9.17, 15) is 8.78 Å². The summed E-state index contributed by atoms with van der Waals surface area (Å²) < 4.78 is 29.6. The minimum Gasteiger partial charge on any atom is -0.207 e. The van der Waals surface area contributed by atoms with Crippen LogP contribution in [0.2, 0.25) is 5.02 Å². The zero-order chi connectivity index (χ0) is 21.1. The van der Waals surface area contributed by atoms with Crippen molar-refractivity contribution in [2.45, 2.75) is 19.3 Å². The predicted molar refractivity (Wildman–Crippen MR) is 121 cm³/mol. The molecule has 0 aromatic heterocycles. The standard InChI is InChI=1S/C27H21ClF2/c1-18(19-5-3-2-4-6-19)15-25-26(29)16-23(17-27(25)30)22-9-7-20(8-10-22)21-11-13-24(28)14-12-21/h2-14,16-18H,15H2,1H3. The number of hydrogen-bond acceptors (Lipinski definition) is 0. The van der Waals surface area contributed by atoms with E-state index in [1.54, 1.807) is 0 Å². The summed E-state index contributed by atoms with van der Waals surface area (Å²) in [4.78, 5) is 0. The van der Waals surface area contributed by atoms with Crippen LogP contribution in [-0.4, -0.2) is 0 Å². The van der Waals surface area contributed by atoms with Gasteiger partial charge in [0.1, 0.15) is 11.6 Å². The lowest BCUT2D eigenvalue weighted by atomic mass is 9.92. The van der Waals surface area contributed by atoms with Crippen LogP contribution in [0.25, 0.3) is 22.3 Å². The van der Waals surface area contributed by atoms with Crippen molar-refractivity contribution in [3.05, 3.63) is 119 Å². The fourth-order valence-corrected chi connectivity index (χ4v) is 3.79. The molecular weight excluding hydrogens is 398 g/mol. The third-order valence-corrected chi connectivity index (χ3v) is 5.67. The molecule has 0 bridgehead atoms. The van der Waals surface area contributed by atoms with E-state index in [1.807, 2.05) is 85.8 Å². The SMILES string of the molecule is CC(Cc1c(F)cc(-c2ccc(-c3ccc(Cl)cc3)cc2)cc1F)c1ccccc1. The molecule has 0 amide bonds. The molecule has 0 heterocycles. The lowest BCUT2D eigenvalue weighted by Crippen LogP contribution is -2.04. The van der Waals surface area contributed by atoms with Crippen LogP contribution < -0.4 is 0 Å². The van der Waals surface area contributed by atoms with E-state index in [-0.39, 0.29) is 11.5 Å². The fourth-order valence-electron chi connectivity index (χ4n) is 3.67. The van der Waals surface area contributed by atoms with Crippen molar-refractivity contribution in [3.63, 3.8) is 0 Å². The molecule has 4 aromatic carbocycles. The van der Waals surface area contributed by atoms with Crippen molar-refractivity contribution in [1.29, 1.82) is 0 Å². The van der Waals surface area contributed by atoms with E-state index in [1.165, 1.54) is 12.1 Å². The van der Waals surface area contributed by atoms with E-state index in [0.29, 0.717) is 17.0 Å². The molecule has 0 radical (unpaired) electrons. The normalized spacial score (nSPS) is 12.0. The fraction of sp³-hybridized carbons (Fsp3) is 0.111. The Morgan fingerprint density at radius 1 is 0.667 bits per heavy atom. The molecule has 150 valence electrons. The average molecular weight is 419 g/mol. The van der Waals surface area contributed by atoms with Crippen LogP contribution in [0.1, 0.15) is 24.0 Å². The highest BCUT2D eigenvalue weighted by Crippen LogP contribution is 2.30. The Balaban J connectivity index is 1.57. The van der Waals surface area contributed by atoms with Crippen molar-refractivity contribution < 1.29 is 8.78 Å². The summed E-state index contributed by atoms with van der Waals surface area (Å²) >= 11 is 5.94. The van der Waals surface area contributed by atoms with Crippen LogP contribution in [-0.2, 0) is 6.42 Å². The highest BCUT2D eigenvalue weighted by Gasteiger charge is 2.16. The topological polar surface area (TPSA) is 0 Å². The largest absolute Gasteiger partial charge is 0.207 e. The molecule has 0 spiro atoms. The average Bonchev–Trinajstić information content (AvgIpc) is 2.77. The summed E-state index contributed by atoms with van der Waals surface area (Å²) in [6.07, 6.45) is 0.317. The number of rotatable bonds is 5. The first-order valence-corrected chi connectivity index (χ1v) is 10.3. The lowest BCUT2D eigenvalue weighted by molar-refractivity contribution is 0.544. The van der Waals surface area contributed by atoms with E-state index in [4.69, 9.17) is 11.6 Å². The molecule has 0 aliphatic rings. The summed E-state index contributed by atoms with van der Waals surface area (Å²) in [5, 5.41) is 0.683. The molecule has 4 aromatic rings. The third kappa shape index (κ3) is 4.44. The molecule has 0 aliphatic carbocycles. The Bertz CT molecular complexity index is 1110. The first-order valence-electron chi connectivity index (χ1n) is 9.90. The Morgan fingerprint density at radius 2 is 1.13 bits per heavy atom. The summed E-state index contributed by atoms with van der Waals surface area (Å²) in [6, 6.07) is 27.8. The molecule has 0 saturated carbocycles. The van der Waals surface area contributed by atoms with Crippen LogP contribution in [0.4, 0.5) is 8.78 Å². The summed E-state index contributed by atoms with van der Waals surface area (Å²) in [6.45, 7) is 1.98. The van der Waals surface area contributed by atoms with Crippen molar-refractivity contribution in [1.82, 2.24) is 0 Å². The van der Waals surface area contributed by atoms with Gasteiger partial charge in [-0.05, 0) is 64.4 Å². The van der Waals surface area contributed by atoms with Crippen molar-refractivity contribution in [2.75, 3.05) is 0 Å². The second-order valence-electron chi connectivity index (χ2n) is 7.52. The molecular formula is C27H21ClF2. The van der Waals surface area contributed by atoms with Gasteiger partial charge in [-0.25, -0.2) is 8.78 Å². The van der Waals surface area contributed by atoms with Crippen LogP contribution in [0, 0.1) is 11.6 Å². The number of hydrogen-bond donors (Lipinski definition) is 0. The Morgan fingerprint density at radius 3 is 1.67 bits per heavy atom. The first-order chi connectivity index (χ1) is 14.5. The Hall–Kier alpha value is -2.97. The van der Waals surface area contributed by atoms with E-state index >= 15 is 0 Å². The summed E-state index contributed by atoms with van der Waals surface area (Å²) in [7, 11) is 0. The van der Waals surface area contributed by atoms with Gasteiger partial charge in [0, 0.05) is 10.6 Å². The number of halogens is 3. The van der Waals surface area contributed by atoms with Gasteiger partial charge < -0.3 is 0 Å². The third-order valence-electron chi connectivity index (χ3n) is 5.42. The van der Waals surface area contributed by atoms with Gasteiger partial charge in [0.05, 0.1) is 0 Å². The van der Waals surface area contributed by atoms with Gasteiger partial charge in [0.2, 0.25) is 0 Å². The molecule has 3 heteroatoms. The van der Waals surface area contributed by atoms with Crippen LogP contribution >= 0.6 is 11.6 Å². The maximum absolute atomic E-state index is 14.8. The van der Waals surface area contributed by atoms with Gasteiger partial charge in [0.25, 0.3) is 0 Å². The van der Waals surface area contributed by atoms with Gasteiger partial charge in [0.15, 0.2) is 0 Å². The second-order valence-corrected chi connectivity index (χ2v) is 7.95. The zero-order valence-electron chi connectivity index (χ0n) is 16.6. The Kier molecular flexibility index (Phi) is 5.96. The molecule has 0 aliphatic heterocycles. The molecule has 30 heavy (non-hydrogen) atoms. The van der Waals surface area contributed by atoms with Gasteiger partial charge in [-0.3, -0.25) is 0 Å². The maximum atomic E-state index is 14.8. The Labute approximate surface area is 180 Å². The highest BCUT2D eigenvalue weighted by atomic mass is 35.5. The second kappa shape index (κ2) is 8.81. The van der Waals surface area contributed by atoms with Crippen molar-refractivity contribution >= 4 is 11.6 Å². The molecule has 0 saturated heterocycles. The number of benzene rings is 4. The monoisotopic (exact) mass is 418 g/mol. The van der Waals surface area contributed by atoms with Gasteiger partial charge in [-0.15, -0.1) is 0 Å². The first kappa shape index (κ1) is 20.3. The van der Waals surface area contributed by atoms with E-state index in [0.717, 1.165) is 22.3 Å².